The SMILES string of the molecule is COCCOc1ccc(F)cc1C1CCN([C@@H]2COC3(CNC3)C2)CC1. The van der Waals surface area contributed by atoms with Gasteiger partial charge in [-0.15, -0.1) is 0 Å². The van der Waals surface area contributed by atoms with Gasteiger partial charge in [-0.3, -0.25) is 4.90 Å². The lowest BCUT2D eigenvalue weighted by molar-refractivity contribution is -0.0367. The summed E-state index contributed by atoms with van der Waals surface area (Å²) in [5.41, 5.74) is 1.11. The lowest BCUT2D eigenvalue weighted by atomic mass is 9.86. The van der Waals surface area contributed by atoms with Crippen molar-refractivity contribution in [2.24, 2.45) is 0 Å². The Balaban J connectivity index is 1.36. The Labute approximate surface area is 154 Å². The fourth-order valence-corrected chi connectivity index (χ4v) is 4.49. The summed E-state index contributed by atoms with van der Waals surface area (Å²) in [6.45, 7) is 5.93. The molecular formula is C20H29FN2O3. The third-order valence-electron chi connectivity index (χ3n) is 6.09. The molecule has 4 rings (SSSR count). The van der Waals surface area contributed by atoms with Crippen LogP contribution in [0.2, 0.25) is 0 Å². The molecule has 0 saturated carbocycles. The van der Waals surface area contributed by atoms with Crippen molar-refractivity contribution in [2.45, 2.75) is 36.8 Å². The highest BCUT2D eigenvalue weighted by molar-refractivity contribution is 5.37. The van der Waals surface area contributed by atoms with Gasteiger partial charge in [0.2, 0.25) is 0 Å². The molecular weight excluding hydrogens is 335 g/mol. The minimum Gasteiger partial charge on any atom is -0.491 e. The van der Waals surface area contributed by atoms with Crippen LogP contribution in [0.3, 0.4) is 0 Å². The first-order chi connectivity index (χ1) is 12.7. The third-order valence-corrected chi connectivity index (χ3v) is 6.09. The molecule has 0 aromatic heterocycles. The van der Waals surface area contributed by atoms with Crippen LogP contribution in [0.5, 0.6) is 5.75 Å². The van der Waals surface area contributed by atoms with Crippen molar-refractivity contribution in [1.82, 2.24) is 10.2 Å². The quantitative estimate of drug-likeness (QED) is 0.784. The van der Waals surface area contributed by atoms with Crippen molar-refractivity contribution in [3.63, 3.8) is 0 Å². The second kappa shape index (κ2) is 7.80. The number of hydrogen-bond donors (Lipinski definition) is 1. The third kappa shape index (κ3) is 3.74. The van der Waals surface area contributed by atoms with Crippen LogP contribution in [0, 0.1) is 5.82 Å². The van der Waals surface area contributed by atoms with E-state index in [0.717, 1.165) is 63.4 Å². The molecule has 1 aromatic rings. The van der Waals surface area contributed by atoms with Gasteiger partial charge in [-0.2, -0.15) is 0 Å². The molecule has 26 heavy (non-hydrogen) atoms. The summed E-state index contributed by atoms with van der Waals surface area (Å²) in [4.78, 5) is 2.56. The van der Waals surface area contributed by atoms with E-state index >= 15 is 0 Å². The smallest absolute Gasteiger partial charge is 0.123 e. The summed E-state index contributed by atoms with van der Waals surface area (Å²) < 4.78 is 30.8. The lowest BCUT2D eigenvalue weighted by Crippen LogP contribution is -2.59. The van der Waals surface area contributed by atoms with Gasteiger partial charge in [0, 0.05) is 31.8 Å². The number of nitrogens with zero attached hydrogens (tertiary/aromatic N) is 1. The number of rotatable bonds is 6. The van der Waals surface area contributed by atoms with Gasteiger partial charge in [-0.05, 0) is 56.5 Å². The van der Waals surface area contributed by atoms with E-state index in [1.54, 1.807) is 19.2 Å². The van der Waals surface area contributed by atoms with Gasteiger partial charge in [-0.1, -0.05) is 0 Å². The summed E-state index contributed by atoms with van der Waals surface area (Å²) in [7, 11) is 1.65. The van der Waals surface area contributed by atoms with E-state index in [4.69, 9.17) is 14.2 Å². The van der Waals surface area contributed by atoms with E-state index in [1.807, 2.05) is 0 Å². The molecule has 1 spiro atoms. The Morgan fingerprint density at radius 3 is 2.73 bits per heavy atom. The first-order valence-electron chi connectivity index (χ1n) is 9.69. The minimum atomic E-state index is -0.190. The Bertz CT molecular complexity index is 615. The maximum absolute atomic E-state index is 13.8. The molecule has 144 valence electrons. The van der Waals surface area contributed by atoms with E-state index in [2.05, 4.69) is 10.2 Å². The Hall–Kier alpha value is -1.21. The monoisotopic (exact) mass is 364 g/mol. The van der Waals surface area contributed by atoms with Gasteiger partial charge in [0.15, 0.2) is 0 Å². The maximum Gasteiger partial charge on any atom is 0.123 e. The number of nitrogens with one attached hydrogen (secondary N) is 1. The van der Waals surface area contributed by atoms with Crippen LogP contribution in [0.25, 0.3) is 0 Å². The van der Waals surface area contributed by atoms with Crippen LogP contribution in [0.1, 0.15) is 30.7 Å². The molecule has 0 unspecified atom stereocenters. The minimum absolute atomic E-state index is 0.104. The fourth-order valence-electron chi connectivity index (χ4n) is 4.49. The molecule has 1 N–H and O–H groups in total. The average Bonchev–Trinajstić information content (AvgIpc) is 3.09. The van der Waals surface area contributed by atoms with Crippen molar-refractivity contribution >= 4 is 0 Å². The zero-order valence-electron chi connectivity index (χ0n) is 15.5. The van der Waals surface area contributed by atoms with Crippen LogP contribution >= 0.6 is 0 Å². The van der Waals surface area contributed by atoms with Crippen LogP contribution in [-0.2, 0) is 9.47 Å². The van der Waals surface area contributed by atoms with Gasteiger partial charge in [0.05, 0.1) is 18.8 Å². The van der Waals surface area contributed by atoms with Crippen molar-refractivity contribution in [2.75, 3.05) is 53.1 Å². The largest absolute Gasteiger partial charge is 0.491 e. The van der Waals surface area contributed by atoms with Gasteiger partial charge >= 0.3 is 0 Å². The van der Waals surface area contributed by atoms with E-state index in [-0.39, 0.29) is 11.4 Å². The molecule has 1 atom stereocenters. The number of halogens is 1. The van der Waals surface area contributed by atoms with Crippen molar-refractivity contribution < 1.29 is 18.6 Å². The molecule has 3 heterocycles. The first kappa shape index (κ1) is 18.2. The number of hydrogen-bond acceptors (Lipinski definition) is 5. The van der Waals surface area contributed by atoms with E-state index < -0.39 is 0 Å². The lowest BCUT2D eigenvalue weighted by Gasteiger charge is -2.40. The molecule has 0 aliphatic carbocycles. The summed E-state index contributed by atoms with van der Waals surface area (Å²) >= 11 is 0. The van der Waals surface area contributed by atoms with Crippen molar-refractivity contribution in [1.29, 1.82) is 0 Å². The van der Waals surface area contributed by atoms with Crippen LogP contribution in [0.15, 0.2) is 18.2 Å². The molecule has 0 bridgehead atoms. The zero-order chi connectivity index (χ0) is 18.0. The molecule has 5 nitrogen and oxygen atoms in total. The standard InChI is InChI=1S/C20H29FN2O3/c1-24-8-9-25-19-3-2-16(21)10-18(19)15-4-6-23(7-5-15)17-11-20(26-12-17)13-22-14-20/h2-3,10,15,17,22H,4-9,11-14H2,1H3/t17-/m0/s1. The Morgan fingerprint density at radius 2 is 2.08 bits per heavy atom. The zero-order valence-corrected chi connectivity index (χ0v) is 15.5. The van der Waals surface area contributed by atoms with Crippen LogP contribution in [0.4, 0.5) is 4.39 Å². The number of ether oxygens (including phenoxy) is 3. The molecule has 3 aliphatic rings. The Morgan fingerprint density at radius 1 is 1.27 bits per heavy atom. The predicted molar refractivity (Wildman–Crippen MR) is 97.3 cm³/mol. The number of likely N-dealkylation sites (tertiary alicyclic amines) is 1. The molecule has 1 aromatic carbocycles. The molecule has 0 amide bonds. The van der Waals surface area contributed by atoms with E-state index in [9.17, 15) is 4.39 Å². The maximum atomic E-state index is 13.8. The summed E-state index contributed by atoms with van der Waals surface area (Å²) in [6, 6.07) is 5.41. The van der Waals surface area contributed by atoms with Crippen LogP contribution in [-0.4, -0.2) is 69.7 Å². The average molecular weight is 364 g/mol. The van der Waals surface area contributed by atoms with Gasteiger partial charge < -0.3 is 19.5 Å². The summed E-state index contributed by atoms with van der Waals surface area (Å²) in [5.74, 6) is 0.955. The highest BCUT2D eigenvalue weighted by Gasteiger charge is 2.47. The van der Waals surface area contributed by atoms with Gasteiger partial charge in [-0.25, -0.2) is 4.39 Å². The number of methoxy groups -OCH3 is 1. The molecule has 3 saturated heterocycles. The van der Waals surface area contributed by atoms with Gasteiger partial charge in [0.1, 0.15) is 18.2 Å². The van der Waals surface area contributed by atoms with Crippen molar-refractivity contribution in [3.05, 3.63) is 29.6 Å². The number of piperidine rings is 1. The normalized spacial score (nSPS) is 26.2. The van der Waals surface area contributed by atoms with E-state index in [0.29, 0.717) is 25.2 Å². The first-order valence-corrected chi connectivity index (χ1v) is 9.69. The topological polar surface area (TPSA) is 43.0 Å². The molecule has 0 radical (unpaired) electrons. The van der Waals surface area contributed by atoms with Gasteiger partial charge in [0.25, 0.3) is 0 Å². The predicted octanol–water partition coefficient (Wildman–Crippen LogP) is 2.16. The second-order valence-electron chi connectivity index (χ2n) is 7.79. The molecule has 3 fully saturated rings. The highest BCUT2D eigenvalue weighted by Crippen LogP contribution is 2.38. The highest BCUT2D eigenvalue weighted by atomic mass is 19.1. The van der Waals surface area contributed by atoms with E-state index in [1.165, 1.54) is 6.07 Å². The van der Waals surface area contributed by atoms with Crippen molar-refractivity contribution in [3.8, 4) is 5.75 Å². The fraction of sp³-hybridized carbons (Fsp3) is 0.700. The van der Waals surface area contributed by atoms with Crippen LogP contribution < -0.4 is 10.1 Å². The molecule has 3 aliphatic heterocycles. The molecule has 6 heteroatoms. The summed E-state index contributed by atoms with van der Waals surface area (Å²) in [6.07, 6.45) is 3.20. The second-order valence-corrected chi connectivity index (χ2v) is 7.79. The Kier molecular flexibility index (Phi) is 5.45. The number of benzene rings is 1. The summed E-state index contributed by atoms with van der Waals surface area (Å²) in [5, 5.41) is 3.33.